The van der Waals surface area contributed by atoms with Crippen molar-refractivity contribution in [3.05, 3.63) is 66.7 Å². The van der Waals surface area contributed by atoms with E-state index < -0.39 is 60.1 Å². The van der Waals surface area contributed by atoms with Crippen LogP contribution in [0.15, 0.2) is 39.6 Å². The summed E-state index contributed by atoms with van der Waals surface area (Å²) in [5.74, 6) is -4.31. The zero-order valence-corrected chi connectivity index (χ0v) is 36.8. The van der Waals surface area contributed by atoms with Crippen LogP contribution < -0.4 is 38.9 Å². The Balaban J connectivity index is 0.000000854. The lowest BCUT2D eigenvalue weighted by atomic mass is 10.0. The second-order valence-corrected chi connectivity index (χ2v) is 15.0. The minimum Gasteiger partial charge on any atom is -0.480 e. The van der Waals surface area contributed by atoms with E-state index in [9.17, 15) is 33.6 Å². The number of carboxylic acid groups (broad SMARTS) is 4. The highest BCUT2D eigenvalue weighted by Crippen LogP contribution is 2.13. The fraction of sp³-hybridized carbons (Fsp3) is 0.658. The third-order valence-electron chi connectivity index (χ3n) is 9.62. The molecule has 28 heteroatoms. The van der Waals surface area contributed by atoms with Crippen LogP contribution in [0, 0.1) is 0 Å². The van der Waals surface area contributed by atoms with Gasteiger partial charge < -0.3 is 64.2 Å². The second kappa shape index (κ2) is 34.6. The van der Waals surface area contributed by atoms with E-state index in [1.54, 1.807) is 24.3 Å². The van der Waals surface area contributed by atoms with Crippen LogP contribution in [0.4, 0.5) is 4.79 Å². The number of aliphatic carboxylic acids is 4. The molecular weight excluding hydrogens is 871 g/mol. The molecule has 3 amide bonds. The van der Waals surface area contributed by atoms with E-state index in [1.807, 2.05) is 0 Å². The van der Waals surface area contributed by atoms with Gasteiger partial charge in [0.05, 0.1) is 24.7 Å². The Labute approximate surface area is 380 Å². The first-order valence-electron chi connectivity index (χ1n) is 21.0. The molecule has 2 aliphatic rings. The van der Waals surface area contributed by atoms with E-state index in [1.165, 1.54) is 4.90 Å². The number of Topliss-reactive ketones (excluding diaryl/α,β-unsaturated/α-hetero) is 1. The Morgan fingerprint density at radius 1 is 0.742 bits per heavy atom. The molecule has 0 radical (unpaired) electrons. The van der Waals surface area contributed by atoms with Crippen LogP contribution >= 0.6 is 0 Å². The first-order valence-corrected chi connectivity index (χ1v) is 21.0. The van der Waals surface area contributed by atoms with Crippen molar-refractivity contribution in [3.8, 4) is 0 Å². The number of ketones is 1. The Morgan fingerprint density at radius 3 is 1.83 bits per heavy atom. The van der Waals surface area contributed by atoms with Gasteiger partial charge in [0.15, 0.2) is 0 Å². The summed E-state index contributed by atoms with van der Waals surface area (Å²) in [7, 11) is 0. The number of azide groups is 3. The largest absolute Gasteiger partial charge is 0.480 e. The maximum Gasteiger partial charge on any atom is 0.322 e. The average Bonchev–Trinajstić information content (AvgIpc) is 3.97. The maximum atomic E-state index is 11.6. The predicted molar refractivity (Wildman–Crippen MR) is 238 cm³/mol. The summed E-state index contributed by atoms with van der Waals surface area (Å²) in [6, 6.07) is 1.96. The van der Waals surface area contributed by atoms with E-state index in [0.29, 0.717) is 64.1 Å². The molecule has 2 fully saturated rings. The number of benzene rings is 1. The van der Waals surface area contributed by atoms with Crippen molar-refractivity contribution < 1.29 is 54.0 Å². The molecule has 0 spiro atoms. The highest BCUT2D eigenvalue weighted by atomic mass is 16.4. The van der Waals surface area contributed by atoms with E-state index in [4.69, 9.17) is 60.0 Å². The summed E-state index contributed by atoms with van der Waals surface area (Å²) in [6.07, 6.45) is 7.67. The normalized spacial score (nSPS) is 17.5. The minimum atomic E-state index is -1.17. The maximum absolute atomic E-state index is 11.6. The molecule has 1 aromatic carbocycles. The first-order chi connectivity index (χ1) is 31.3. The predicted octanol–water partition coefficient (Wildman–Crippen LogP) is 1.61. The number of urea groups is 1. The topological polar surface area (TPSA) is 490 Å². The zero-order valence-electron chi connectivity index (χ0n) is 36.8. The number of hydrogen-bond acceptors (Lipinski definition) is 15. The molecule has 0 bridgehead atoms. The molecular formula is C38H63N17O11. The van der Waals surface area contributed by atoms with Crippen molar-refractivity contribution in [2.75, 3.05) is 32.7 Å². The van der Waals surface area contributed by atoms with Gasteiger partial charge >= 0.3 is 29.9 Å². The molecule has 3 unspecified atom stereocenters. The molecule has 0 aliphatic carbocycles. The van der Waals surface area contributed by atoms with Crippen LogP contribution in [0.1, 0.15) is 82.3 Å². The van der Waals surface area contributed by atoms with Crippen molar-refractivity contribution in [1.29, 1.82) is 0 Å². The molecule has 3 rings (SSSR count). The van der Waals surface area contributed by atoms with Crippen molar-refractivity contribution in [1.82, 2.24) is 20.9 Å². The minimum absolute atomic E-state index is 0.126. The van der Waals surface area contributed by atoms with Gasteiger partial charge in [-0.25, -0.2) is 4.79 Å². The zero-order chi connectivity index (χ0) is 50.0. The van der Waals surface area contributed by atoms with Crippen molar-refractivity contribution in [2.24, 2.45) is 38.3 Å². The number of hydrogen-bond donors (Lipinski definition) is 11. The molecule has 66 heavy (non-hydrogen) atoms. The summed E-state index contributed by atoms with van der Waals surface area (Å²) >= 11 is 0. The summed E-state index contributed by atoms with van der Waals surface area (Å²) in [6.45, 7) is 3.38. The fourth-order valence-corrected chi connectivity index (χ4v) is 5.71. The van der Waals surface area contributed by atoms with Crippen LogP contribution in [0.25, 0.3) is 31.3 Å². The van der Waals surface area contributed by atoms with Crippen LogP contribution in [0.5, 0.6) is 0 Å². The van der Waals surface area contributed by atoms with Crippen molar-refractivity contribution in [3.63, 3.8) is 0 Å². The summed E-state index contributed by atoms with van der Waals surface area (Å²) in [5, 5.41) is 52.4. The molecule has 2 aliphatic heterocycles. The van der Waals surface area contributed by atoms with Gasteiger partial charge in [-0.3, -0.25) is 28.8 Å². The van der Waals surface area contributed by atoms with Gasteiger partial charge in [-0.2, -0.15) is 0 Å². The number of carbonyl (C=O) groups is 7. The lowest BCUT2D eigenvalue weighted by Crippen LogP contribution is -2.47. The van der Waals surface area contributed by atoms with Gasteiger partial charge in [-0.1, -0.05) is 65.8 Å². The molecule has 0 aromatic heterocycles. The number of likely N-dealkylation sites (tertiary alicyclic amines) is 1. The summed E-state index contributed by atoms with van der Waals surface area (Å²) < 4.78 is 0. The fourth-order valence-electron chi connectivity index (χ4n) is 5.71. The van der Waals surface area contributed by atoms with Gasteiger partial charge in [-0.15, -0.1) is 0 Å². The van der Waals surface area contributed by atoms with Crippen LogP contribution in [0.2, 0.25) is 0 Å². The molecule has 366 valence electrons. The number of carbonyl (C=O) groups excluding carboxylic acids is 3. The molecule has 15 N–H and O–H groups in total. The Bertz CT molecular complexity index is 1790. The Kier molecular flexibility index (Phi) is 31.1. The van der Waals surface area contributed by atoms with E-state index in [-0.39, 0.29) is 37.5 Å². The molecule has 1 aromatic rings. The third kappa shape index (κ3) is 27.4. The SMILES string of the molecule is CCCCC(=O)CCCCC[C@H](N)C(=O)O.[N-]=[N+]=NC1CCN(C(=O)NC[C@H](N)C(=O)O)C1.[N-]=[N+]=NC1CNC(C(=O)NC[C@H](N)C(=O)O)C1.[N-]=[N+]=NCc1ccc(C[C@H](N)C(=O)O)cc1. The number of unbranched alkanes of at least 4 members (excludes halogenated alkanes) is 3. The quantitative estimate of drug-likeness (QED) is 0.0303. The monoisotopic (exact) mass is 933 g/mol. The molecule has 7 atom stereocenters. The first kappa shape index (κ1) is 59.2. The van der Waals surface area contributed by atoms with E-state index in [0.717, 1.165) is 43.2 Å². The summed E-state index contributed by atoms with van der Waals surface area (Å²) in [5.41, 5.74) is 47.6. The number of nitrogens with one attached hydrogen (secondary N) is 3. The van der Waals surface area contributed by atoms with Gasteiger partial charge in [-0.05, 0) is 66.2 Å². The molecule has 2 heterocycles. The number of carboxylic acids is 4. The Hall–Kier alpha value is -6.76. The molecule has 0 saturated carbocycles. The third-order valence-corrected chi connectivity index (χ3v) is 9.62. The van der Waals surface area contributed by atoms with E-state index in [2.05, 4.69) is 53.0 Å². The summed E-state index contributed by atoms with van der Waals surface area (Å²) in [4.78, 5) is 85.7. The number of nitrogens with two attached hydrogens (primary N) is 4. The molecule has 2 saturated heterocycles. The lowest BCUT2D eigenvalue weighted by Gasteiger charge is -2.17. The smallest absolute Gasteiger partial charge is 0.322 e. The average molecular weight is 934 g/mol. The van der Waals surface area contributed by atoms with Gasteiger partial charge in [0, 0.05) is 60.3 Å². The highest BCUT2D eigenvalue weighted by Gasteiger charge is 2.29. The van der Waals surface area contributed by atoms with Crippen molar-refractivity contribution in [2.45, 2.75) is 126 Å². The number of amides is 3. The van der Waals surface area contributed by atoms with Crippen LogP contribution in [0.3, 0.4) is 0 Å². The van der Waals surface area contributed by atoms with Crippen molar-refractivity contribution >= 4 is 41.6 Å². The molecule has 28 nitrogen and oxygen atoms in total. The Morgan fingerprint density at radius 2 is 1.29 bits per heavy atom. The number of rotatable bonds is 24. The van der Waals surface area contributed by atoms with Crippen LogP contribution in [-0.4, -0.2) is 142 Å². The second-order valence-electron chi connectivity index (χ2n) is 15.0. The van der Waals surface area contributed by atoms with Gasteiger partial charge in [0.1, 0.15) is 30.0 Å². The lowest BCUT2D eigenvalue weighted by molar-refractivity contribution is -0.139. The highest BCUT2D eigenvalue weighted by molar-refractivity contribution is 5.83. The van der Waals surface area contributed by atoms with E-state index >= 15 is 0 Å². The van der Waals surface area contributed by atoms with Gasteiger partial charge in [0.25, 0.3) is 0 Å². The van der Waals surface area contributed by atoms with Gasteiger partial charge in [0.2, 0.25) is 5.91 Å². The van der Waals surface area contributed by atoms with Crippen LogP contribution in [-0.2, 0) is 41.7 Å². The standard InChI is InChI=1S/C12H23NO3.C10H12N4O2.2C8H14N6O3/c1-2-3-7-10(14)8-5-4-6-9-11(13)12(15)16;11-9(10(15)16)5-7-1-3-8(4-2-7)6-13-14-12;9-5(8(16)17)3-12-7(15)6-1-4(2-11-6)13-14-10;9-6(7(15)16)3-11-8(17)14-2-1-5(4-14)12-13-10/h11H,2-9,13H2,1H3,(H,15,16);1-4,9H,5-6,11H2,(H,15,16);4-6,11H,1-3,9H2,(H,12,15)(H,16,17);5-6H,1-4,9H2,(H,11,17)(H,15,16)/t11-;9-;4?,5-,6?;5?,6-/m0000/s1. The number of nitrogens with zero attached hydrogens (tertiary/aromatic N) is 10.